The van der Waals surface area contributed by atoms with E-state index < -0.39 is 0 Å². The molecule has 0 spiro atoms. The summed E-state index contributed by atoms with van der Waals surface area (Å²) in [5.41, 5.74) is 2.51. The molecule has 0 aliphatic carbocycles. The van der Waals surface area contributed by atoms with Crippen molar-refractivity contribution in [1.82, 2.24) is 0 Å². The van der Waals surface area contributed by atoms with Crippen molar-refractivity contribution in [3.8, 4) is 5.75 Å². The molecule has 0 saturated carbocycles. The number of rotatable bonds is 5. The zero-order valence-electron chi connectivity index (χ0n) is 10.9. The van der Waals surface area contributed by atoms with Gasteiger partial charge in [0.2, 0.25) is 0 Å². The fourth-order valence-electron chi connectivity index (χ4n) is 1.71. The maximum absolute atomic E-state index is 5.62. The highest BCUT2D eigenvalue weighted by Gasteiger charge is 1.97. The molecule has 2 heteroatoms. The summed E-state index contributed by atoms with van der Waals surface area (Å²) in [5, 5.41) is 0. The summed E-state index contributed by atoms with van der Waals surface area (Å²) >= 11 is 0. The third-order valence-corrected chi connectivity index (χ3v) is 2.78. The quantitative estimate of drug-likeness (QED) is 0.796. The molecule has 2 rings (SSSR count). The molecule has 1 radical (unpaired) electrons. The number of nitrogens with zero attached hydrogens (tertiary/aromatic N) is 1. The van der Waals surface area contributed by atoms with Gasteiger partial charge >= 0.3 is 0 Å². The van der Waals surface area contributed by atoms with Crippen LogP contribution in [0.3, 0.4) is 0 Å². The van der Waals surface area contributed by atoms with E-state index in [0.717, 1.165) is 12.2 Å². The number of ether oxygens (including phenoxy) is 1. The normalized spacial score (nSPS) is 10.1. The van der Waals surface area contributed by atoms with Crippen LogP contribution in [0.1, 0.15) is 5.56 Å². The first-order valence-corrected chi connectivity index (χ1v) is 6.11. The van der Waals surface area contributed by atoms with E-state index in [0.29, 0.717) is 6.61 Å². The van der Waals surface area contributed by atoms with Gasteiger partial charge in [-0.1, -0.05) is 30.3 Å². The van der Waals surface area contributed by atoms with Gasteiger partial charge in [0.25, 0.3) is 0 Å². The lowest BCUT2D eigenvalue weighted by atomic mass is 10.1. The van der Waals surface area contributed by atoms with Crippen molar-refractivity contribution in [2.24, 2.45) is 0 Å². The number of anilines is 1. The zero-order chi connectivity index (χ0) is 12.8. The topological polar surface area (TPSA) is 12.5 Å². The summed E-state index contributed by atoms with van der Waals surface area (Å²) in [7, 11) is 4.09. The highest BCUT2D eigenvalue weighted by molar-refractivity contribution is 5.46. The number of hydrogen-bond donors (Lipinski definition) is 0. The van der Waals surface area contributed by atoms with Crippen molar-refractivity contribution in [1.29, 1.82) is 0 Å². The van der Waals surface area contributed by atoms with Crippen molar-refractivity contribution in [3.63, 3.8) is 0 Å². The first-order chi connectivity index (χ1) is 8.75. The molecule has 0 heterocycles. The van der Waals surface area contributed by atoms with Crippen LogP contribution in [0, 0.1) is 6.07 Å². The second kappa shape index (κ2) is 6.10. The Hall–Kier alpha value is -1.96. The molecule has 0 amide bonds. The zero-order valence-corrected chi connectivity index (χ0v) is 10.9. The molecular formula is C16H18NO. The molecule has 0 N–H and O–H groups in total. The SMILES string of the molecule is CN(C)c1ccc(CCOc2[c]cccc2)cc1. The van der Waals surface area contributed by atoms with Crippen LogP contribution in [-0.4, -0.2) is 20.7 Å². The first kappa shape index (κ1) is 12.5. The van der Waals surface area contributed by atoms with E-state index in [1.54, 1.807) is 0 Å². The molecule has 2 aromatic rings. The summed E-state index contributed by atoms with van der Waals surface area (Å²) in [6.07, 6.45) is 0.913. The summed E-state index contributed by atoms with van der Waals surface area (Å²) in [4.78, 5) is 2.10. The fraction of sp³-hybridized carbons (Fsp3) is 0.250. The third kappa shape index (κ3) is 3.52. The van der Waals surface area contributed by atoms with Crippen LogP contribution >= 0.6 is 0 Å². The van der Waals surface area contributed by atoms with Gasteiger partial charge in [-0.05, 0) is 23.8 Å². The molecule has 0 aliphatic rings. The maximum atomic E-state index is 5.62. The van der Waals surface area contributed by atoms with Gasteiger partial charge in [0.05, 0.1) is 6.61 Å². The van der Waals surface area contributed by atoms with Gasteiger partial charge in [-0.25, -0.2) is 0 Å². The minimum Gasteiger partial charge on any atom is -0.493 e. The van der Waals surface area contributed by atoms with Gasteiger partial charge in [-0.3, -0.25) is 0 Å². The average molecular weight is 240 g/mol. The van der Waals surface area contributed by atoms with Crippen LogP contribution < -0.4 is 9.64 Å². The van der Waals surface area contributed by atoms with Gasteiger partial charge in [0, 0.05) is 32.3 Å². The van der Waals surface area contributed by atoms with E-state index >= 15 is 0 Å². The van der Waals surface area contributed by atoms with Crippen molar-refractivity contribution in [2.45, 2.75) is 6.42 Å². The highest BCUT2D eigenvalue weighted by Crippen LogP contribution is 2.13. The molecule has 2 nitrogen and oxygen atoms in total. The fourth-order valence-corrected chi connectivity index (χ4v) is 1.71. The second-order valence-corrected chi connectivity index (χ2v) is 4.39. The Bertz CT molecular complexity index is 462. The minimum absolute atomic E-state index is 0.682. The van der Waals surface area contributed by atoms with Gasteiger partial charge in [0.1, 0.15) is 5.75 Å². The molecule has 0 saturated heterocycles. The Labute approximate surface area is 109 Å². The minimum atomic E-state index is 0.682. The smallest absolute Gasteiger partial charge is 0.127 e. The largest absolute Gasteiger partial charge is 0.493 e. The molecule has 0 aliphatic heterocycles. The van der Waals surface area contributed by atoms with Crippen LogP contribution in [0.4, 0.5) is 5.69 Å². The molecular weight excluding hydrogens is 222 g/mol. The molecule has 2 aromatic carbocycles. The average Bonchev–Trinajstić information content (AvgIpc) is 2.40. The lowest BCUT2D eigenvalue weighted by molar-refractivity contribution is 0.321. The Morgan fingerprint density at radius 2 is 1.83 bits per heavy atom. The Balaban J connectivity index is 1.83. The number of benzene rings is 2. The molecule has 18 heavy (non-hydrogen) atoms. The standard InChI is InChI=1S/C16H18NO/c1-17(2)15-10-8-14(9-11-15)12-13-18-16-6-4-3-5-7-16/h3-6,8-11H,12-13H2,1-2H3. The summed E-state index contributed by atoms with van der Waals surface area (Å²) in [6.45, 7) is 0.682. The molecule has 0 atom stereocenters. The number of hydrogen-bond acceptors (Lipinski definition) is 2. The van der Waals surface area contributed by atoms with E-state index in [1.165, 1.54) is 11.3 Å². The molecule has 0 unspecified atom stereocenters. The van der Waals surface area contributed by atoms with E-state index in [-0.39, 0.29) is 0 Å². The van der Waals surface area contributed by atoms with E-state index in [1.807, 2.05) is 38.4 Å². The summed E-state index contributed by atoms with van der Waals surface area (Å²) < 4.78 is 5.62. The molecule has 0 bridgehead atoms. The van der Waals surface area contributed by atoms with Crippen molar-refractivity contribution >= 4 is 5.69 Å². The van der Waals surface area contributed by atoms with Crippen molar-refractivity contribution < 1.29 is 4.74 Å². The first-order valence-electron chi connectivity index (χ1n) is 6.11. The van der Waals surface area contributed by atoms with Gasteiger partial charge in [-0.15, -0.1) is 0 Å². The Morgan fingerprint density at radius 3 is 2.44 bits per heavy atom. The van der Waals surface area contributed by atoms with Crippen LogP contribution in [0.15, 0.2) is 48.5 Å². The lowest BCUT2D eigenvalue weighted by Crippen LogP contribution is -2.08. The predicted octanol–water partition coefficient (Wildman–Crippen LogP) is 3.17. The summed E-state index contributed by atoms with van der Waals surface area (Å²) in [5.74, 6) is 0.808. The monoisotopic (exact) mass is 240 g/mol. The second-order valence-electron chi connectivity index (χ2n) is 4.39. The van der Waals surface area contributed by atoms with E-state index in [9.17, 15) is 0 Å². The Morgan fingerprint density at radius 1 is 1.06 bits per heavy atom. The lowest BCUT2D eigenvalue weighted by Gasteiger charge is -2.12. The third-order valence-electron chi connectivity index (χ3n) is 2.78. The molecule has 93 valence electrons. The summed E-state index contributed by atoms with van der Waals surface area (Å²) in [6, 6.07) is 19.3. The number of para-hydroxylation sites is 1. The van der Waals surface area contributed by atoms with Crippen molar-refractivity contribution in [3.05, 3.63) is 60.2 Å². The van der Waals surface area contributed by atoms with E-state index in [4.69, 9.17) is 4.74 Å². The molecule has 0 aromatic heterocycles. The van der Waals surface area contributed by atoms with Gasteiger partial charge in [-0.2, -0.15) is 0 Å². The Kier molecular flexibility index (Phi) is 4.24. The maximum Gasteiger partial charge on any atom is 0.127 e. The van der Waals surface area contributed by atoms with Crippen LogP contribution in [0.2, 0.25) is 0 Å². The van der Waals surface area contributed by atoms with E-state index in [2.05, 4.69) is 35.2 Å². The molecule has 0 fully saturated rings. The van der Waals surface area contributed by atoms with Gasteiger partial charge < -0.3 is 9.64 Å². The van der Waals surface area contributed by atoms with Crippen LogP contribution in [0.25, 0.3) is 0 Å². The van der Waals surface area contributed by atoms with Gasteiger partial charge in [0.15, 0.2) is 0 Å². The predicted molar refractivity (Wildman–Crippen MR) is 75.2 cm³/mol. The van der Waals surface area contributed by atoms with Crippen molar-refractivity contribution in [2.75, 3.05) is 25.6 Å². The van der Waals surface area contributed by atoms with Crippen LogP contribution in [0.5, 0.6) is 5.75 Å². The highest BCUT2D eigenvalue weighted by atomic mass is 16.5. The van der Waals surface area contributed by atoms with Crippen LogP contribution in [-0.2, 0) is 6.42 Å².